The fourth-order valence-corrected chi connectivity index (χ4v) is 2.68. The molecule has 1 aliphatic rings. The summed E-state index contributed by atoms with van der Waals surface area (Å²) in [6.45, 7) is 4.78. The predicted octanol–water partition coefficient (Wildman–Crippen LogP) is 3.26. The van der Waals surface area contributed by atoms with E-state index in [2.05, 4.69) is 20.9 Å². The van der Waals surface area contributed by atoms with Crippen molar-refractivity contribution in [2.75, 3.05) is 19.7 Å². The molecule has 2 N–H and O–H groups in total. The molecule has 0 aliphatic carbocycles. The lowest BCUT2D eigenvalue weighted by Crippen LogP contribution is -2.47. The van der Waals surface area contributed by atoms with Gasteiger partial charge in [0.15, 0.2) is 5.96 Å². The van der Waals surface area contributed by atoms with Crippen LogP contribution in [0.15, 0.2) is 27.7 Å². The van der Waals surface area contributed by atoms with E-state index in [-0.39, 0.29) is 30.1 Å². The molecule has 2 rings (SSSR count). The minimum absolute atomic E-state index is 0. The number of hydrogen-bond acceptors (Lipinski definition) is 2. The van der Waals surface area contributed by atoms with Gasteiger partial charge in [-0.25, -0.2) is 4.99 Å². The Kier molecular flexibility index (Phi) is 7.57. The number of morpholine rings is 1. The number of nitrogens with two attached hydrogens (primary N) is 1. The monoisotopic (exact) mass is 473 g/mol. The van der Waals surface area contributed by atoms with Gasteiger partial charge in [0, 0.05) is 22.6 Å². The Bertz CT molecular complexity index is 487. The van der Waals surface area contributed by atoms with Gasteiger partial charge in [-0.05, 0) is 24.6 Å². The van der Waals surface area contributed by atoms with Crippen LogP contribution in [0.4, 0.5) is 0 Å². The molecule has 0 spiro atoms. The third-order valence-electron chi connectivity index (χ3n) is 2.99. The van der Waals surface area contributed by atoms with Crippen LogP contribution in [0, 0.1) is 0 Å². The number of hydrogen-bond donors (Lipinski definition) is 1. The second kappa shape index (κ2) is 8.41. The van der Waals surface area contributed by atoms with Gasteiger partial charge in [-0.3, -0.25) is 0 Å². The smallest absolute Gasteiger partial charge is 0.191 e. The summed E-state index contributed by atoms with van der Waals surface area (Å²) in [5.41, 5.74) is 6.97. The highest BCUT2D eigenvalue weighted by Gasteiger charge is 2.17. The number of aliphatic imine (C=N–C) groups is 1. The van der Waals surface area contributed by atoms with Crippen LogP contribution in [0.2, 0.25) is 5.02 Å². The fraction of sp³-hybridized carbons (Fsp3) is 0.462. The van der Waals surface area contributed by atoms with E-state index in [4.69, 9.17) is 22.1 Å². The maximum atomic E-state index is 6.15. The zero-order valence-corrected chi connectivity index (χ0v) is 15.9. The summed E-state index contributed by atoms with van der Waals surface area (Å²) in [6.07, 6.45) is 0.193. The summed E-state index contributed by atoms with van der Waals surface area (Å²) in [4.78, 5) is 6.45. The van der Waals surface area contributed by atoms with E-state index < -0.39 is 0 Å². The number of halogens is 3. The van der Waals surface area contributed by atoms with Crippen LogP contribution in [-0.2, 0) is 11.3 Å². The number of nitrogens with zero attached hydrogens (tertiary/aromatic N) is 2. The van der Waals surface area contributed by atoms with Crippen molar-refractivity contribution in [2.45, 2.75) is 19.6 Å². The van der Waals surface area contributed by atoms with E-state index in [0.29, 0.717) is 24.1 Å². The molecule has 0 aromatic heterocycles. The van der Waals surface area contributed by atoms with Gasteiger partial charge in [0.05, 0.1) is 19.3 Å². The molecule has 1 fully saturated rings. The summed E-state index contributed by atoms with van der Waals surface area (Å²) in [7, 11) is 0. The highest BCUT2D eigenvalue weighted by atomic mass is 127. The zero-order chi connectivity index (χ0) is 13.8. The van der Waals surface area contributed by atoms with Gasteiger partial charge in [-0.15, -0.1) is 24.0 Å². The lowest BCUT2D eigenvalue weighted by molar-refractivity contribution is 0.00529. The molecular formula is C13H18BrClIN3O. The van der Waals surface area contributed by atoms with E-state index in [1.54, 1.807) is 0 Å². The zero-order valence-electron chi connectivity index (χ0n) is 11.2. The third kappa shape index (κ3) is 5.05. The Morgan fingerprint density at radius 2 is 2.35 bits per heavy atom. The predicted molar refractivity (Wildman–Crippen MR) is 96.9 cm³/mol. The van der Waals surface area contributed by atoms with Crippen molar-refractivity contribution in [1.82, 2.24) is 4.90 Å². The highest BCUT2D eigenvalue weighted by Crippen LogP contribution is 2.22. The SMILES string of the molecule is CC1CN(C(N)=NCc2ccc(Br)cc2Cl)CCO1.I. The first-order valence-electron chi connectivity index (χ1n) is 6.16. The summed E-state index contributed by atoms with van der Waals surface area (Å²) in [5, 5.41) is 0.696. The second-order valence-corrected chi connectivity index (χ2v) is 5.86. The van der Waals surface area contributed by atoms with Crippen molar-refractivity contribution in [2.24, 2.45) is 10.7 Å². The van der Waals surface area contributed by atoms with Crippen molar-refractivity contribution in [3.63, 3.8) is 0 Å². The van der Waals surface area contributed by atoms with Crippen molar-refractivity contribution < 1.29 is 4.74 Å². The lowest BCUT2D eigenvalue weighted by atomic mass is 10.2. The molecule has 1 unspecified atom stereocenters. The molecule has 0 saturated carbocycles. The topological polar surface area (TPSA) is 50.8 Å². The Hall–Kier alpha value is -0.0500. The minimum Gasteiger partial charge on any atom is -0.375 e. The van der Waals surface area contributed by atoms with Crippen LogP contribution < -0.4 is 5.73 Å². The van der Waals surface area contributed by atoms with Crippen LogP contribution >= 0.6 is 51.5 Å². The quantitative estimate of drug-likeness (QED) is 0.407. The molecule has 1 aromatic carbocycles. The van der Waals surface area contributed by atoms with Crippen molar-refractivity contribution in [1.29, 1.82) is 0 Å². The molecule has 20 heavy (non-hydrogen) atoms. The first kappa shape index (κ1) is 18.0. The summed E-state index contributed by atoms with van der Waals surface area (Å²) >= 11 is 9.53. The summed E-state index contributed by atoms with van der Waals surface area (Å²) in [6, 6.07) is 5.76. The normalized spacial score (nSPS) is 19.6. The number of rotatable bonds is 2. The number of guanidine groups is 1. The molecule has 1 heterocycles. The fourth-order valence-electron chi connectivity index (χ4n) is 1.94. The van der Waals surface area contributed by atoms with Crippen LogP contribution in [-0.4, -0.2) is 36.7 Å². The van der Waals surface area contributed by atoms with E-state index in [9.17, 15) is 0 Å². The van der Waals surface area contributed by atoms with E-state index >= 15 is 0 Å². The molecule has 1 saturated heterocycles. The maximum Gasteiger partial charge on any atom is 0.191 e. The first-order chi connectivity index (χ1) is 9.06. The van der Waals surface area contributed by atoms with Crippen molar-refractivity contribution in [3.05, 3.63) is 33.3 Å². The Labute approximate surface area is 149 Å². The van der Waals surface area contributed by atoms with Gasteiger partial charge in [-0.1, -0.05) is 33.6 Å². The molecule has 4 nitrogen and oxygen atoms in total. The summed E-state index contributed by atoms with van der Waals surface area (Å²) in [5.74, 6) is 0.550. The third-order valence-corrected chi connectivity index (χ3v) is 3.84. The Morgan fingerprint density at radius 1 is 1.60 bits per heavy atom. The minimum atomic E-state index is 0. The van der Waals surface area contributed by atoms with E-state index in [0.717, 1.165) is 23.1 Å². The molecule has 1 atom stereocenters. The Balaban J connectivity index is 0.00000200. The van der Waals surface area contributed by atoms with Gasteiger partial charge in [0.2, 0.25) is 0 Å². The van der Waals surface area contributed by atoms with Gasteiger partial charge in [0.25, 0.3) is 0 Å². The number of benzene rings is 1. The average molecular weight is 475 g/mol. The van der Waals surface area contributed by atoms with Crippen LogP contribution in [0.25, 0.3) is 0 Å². The molecule has 1 aromatic rings. The highest BCUT2D eigenvalue weighted by molar-refractivity contribution is 14.0. The van der Waals surface area contributed by atoms with Crippen molar-refractivity contribution >= 4 is 57.5 Å². The van der Waals surface area contributed by atoms with Crippen LogP contribution in [0.3, 0.4) is 0 Å². The lowest BCUT2D eigenvalue weighted by Gasteiger charge is -2.31. The largest absolute Gasteiger partial charge is 0.375 e. The molecule has 0 radical (unpaired) electrons. The molecular weight excluding hydrogens is 456 g/mol. The van der Waals surface area contributed by atoms with Gasteiger partial charge >= 0.3 is 0 Å². The van der Waals surface area contributed by atoms with Gasteiger partial charge in [-0.2, -0.15) is 0 Å². The van der Waals surface area contributed by atoms with E-state index in [1.165, 1.54) is 0 Å². The van der Waals surface area contributed by atoms with Crippen LogP contribution in [0.1, 0.15) is 12.5 Å². The molecule has 0 amide bonds. The van der Waals surface area contributed by atoms with Crippen molar-refractivity contribution in [3.8, 4) is 0 Å². The molecule has 112 valence electrons. The molecule has 1 aliphatic heterocycles. The summed E-state index contributed by atoms with van der Waals surface area (Å²) < 4.78 is 6.43. The molecule has 7 heteroatoms. The van der Waals surface area contributed by atoms with Crippen LogP contribution in [0.5, 0.6) is 0 Å². The Morgan fingerprint density at radius 3 is 3.00 bits per heavy atom. The first-order valence-corrected chi connectivity index (χ1v) is 7.34. The standard InChI is InChI=1S/C13H17BrClN3O.HI/c1-9-8-18(4-5-19-9)13(16)17-7-10-2-3-11(14)6-12(10)15;/h2-3,6,9H,4-5,7-8H2,1H3,(H2,16,17);1H. The second-order valence-electron chi connectivity index (χ2n) is 4.54. The average Bonchev–Trinajstić information content (AvgIpc) is 2.37. The van der Waals surface area contributed by atoms with E-state index in [1.807, 2.05) is 30.0 Å². The van der Waals surface area contributed by atoms with Gasteiger partial charge < -0.3 is 15.4 Å². The van der Waals surface area contributed by atoms with Gasteiger partial charge in [0.1, 0.15) is 0 Å². The number of ether oxygens (including phenoxy) is 1. The maximum absolute atomic E-state index is 6.15. The molecule has 0 bridgehead atoms.